The molecule has 0 bridgehead atoms. The summed E-state index contributed by atoms with van der Waals surface area (Å²) in [6.07, 6.45) is 4.81. The van der Waals surface area contributed by atoms with Gasteiger partial charge < -0.3 is 28.7 Å². The zero-order chi connectivity index (χ0) is 24.2. The van der Waals surface area contributed by atoms with Crippen LogP contribution >= 0.6 is 0 Å². The highest BCUT2D eigenvalue weighted by Crippen LogP contribution is 2.31. The molecule has 0 aliphatic carbocycles. The predicted molar refractivity (Wildman–Crippen MR) is 130 cm³/mol. The van der Waals surface area contributed by atoms with E-state index in [0.717, 1.165) is 31.7 Å². The number of hydrogen-bond donors (Lipinski definition) is 1. The van der Waals surface area contributed by atoms with Crippen molar-refractivity contribution in [2.24, 2.45) is 5.92 Å². The second-order valence-electron chi connectivity index (χ2n) is 8.99. The number of rotatable bonds is 6. The van der Waals surface area contributed by atoms with E-state index in [9.17, 15) is 10.1 Å². The summed E-state index contributed by atoms with van der Waals surface area (Å²) in [6, 6.07) is 13.9. The lowest BCUT2D eigenvalue weighted by atomic mass is 9.94. The van der Waals surface area contributed by atoms with Gasteiger partial charge in [-0.2, -0.15) is 10.2 Å². The zero-order valence-electron chi connectivity index (χ0n) is 19.8. The van der Waals surface area contributed by atoms with Crippen LogP contribution in [-0.2, 0) is 4.79 Å². The van der Waals surface area contributed by atoms with E-state index in [1.807, 2.05) is 17.0 Å². The van der Waals surface area contributed by atoms with Crippen molar-refractivity contribution in [1.82, 2.24) is 10.3 Å². The molecule has 0 spiro atoms. The van der Waals surface area contributed by atoms with Crippen molar-refractivity contribution in [2.75, 3.05) is 43.1 Å². The van der Waals surface area contributed by atoms with E-state index in [1.54, 1.807) is 19.2 Å². The van der Waals surface area contributed by atoms with Crippen molar-refractivity contribution < 1.29 is 18.4 Å². The van der Waals surface area contributed by atoms with Crippen molar-refractivity contribution in [1.29, 1.82) is 5.26 Å². The summed E-state index contributed by atoms with van der Waals surface area (Å²) in [5.41, 5.74) is 1.42. The van der Waals surface area contributed by atoms with Crippen LogP contribution in [0.4, 0.5) is 11.6 Å². The monoisotopic (exact) mass is 475 g/mol. The van der Waals surface area contributed by atoms with Crippen LogP contribution < -0.4 is 19.9 Å². The standard InChI is InChI=1S/C26H29N5O4/c1-33-21-6-4-20(5-7-21)30-14-10-19(11-15-30)28-24(32)18-8-12-31(13-9-18)26-22(17-27)29-25(35-26)23-3-2-16-34-23/h2-7,16,18-19H,8-15H2,1H3,(H,28,32). The molecule has 0 radical (unpaired) electrons. The van der Waals surface area contributed by atoms with Gasteiger partial charge in [-0.3, -0.25) is 4.79 Å². The normalized spacial score (nSPS) is 17.3. The molecule has 4 heterocycles. The number of carbonyl (C=O) groups excluding carboxylic acids is 1. The number of carbonyl (C=O) groups is 1. The fourth-order valence-electron chi connectivity index (χ4n) is 4.84. The van der Waals surface area contributed by atoms with Crippen molar-refractivity contribution >= 4 is 17.5 Å². The minimum absolute atomic E-state index is 0.0381. The molecule has 5 rings (SSSR count). The highest BCUT2D eigenvalue weighted by molar-refractivity contribution is 5.79. The van der Waals surface area contributed by atoms with E-state index in [4.69, 9.17) is 13.6 Å². The first kappa shape index (κ1) is 22.8. The fourth-order valence-corrected chi connectivity index (χ4v) is 4.84. The maximum Gasteiger partial charge on any atom is 0.266 e. The van der Waals surface area contributed by atoms with Gasteiger partial charge in [-0.15, -0.1) is 0 Å². The Bertz CT molecular complexity index is 1170. The summed E-state index contributed by atoms with van der Waals surface area (Å²) in [5, 5.41) is 12.8. The maximum atomic E-state index is 13.0. The molecule has 1 aromatic carbocycles. The van der Waals surface area contributed by atoms with Gasteiger partial charge in [0.2, 0.25) is 17.5 Å². The van der Waals surface area contributed by atoms with Crippen molar-refractivity contribution in [3.05, 3.63) is 48.4 Å². The Morgan fingerprint density at radius 1 is 1.09 bits per heavy atom. The van der Waals surface area contributed by atoms with Gasteiger partial charge in [0.05, 0.1) is 13.4 Å². The van der Waals surface area contributed by atoms with Crippen molar-refractivity contribution in [3.8, 4) is 23.5 Å². The van der Waals surface area contributed by atoms with Crippen LogP contribution in [0.5, 0.6) is 5.75 Å². The molecule has 9 nitrogen and oxygen atoms in total. The fraction of sp³-hybridized carbons (Fsp3) is 0.423. The molecule has 1 N–H and O–H groups in total. The number of furan rings is 1. The second kappa shape index (κ2) is 10.1. The van der Waals surface area contributed by atoms with E-state index >= 15 is 0 Å². The van der Waals surface area contributed by atoms with Gasteiger partial charge in [0.1, 0.15) is 11.8 Å². The van der Waals surface area contributed by atoms with E-state index in [-0.39, 0.29) is 23.6 Å². The quantitative estimate of drug-likeness (QED) is 0.573. The lowest BCUT2D eigenvalue weighted by Gasteiger charge is -2.36. The highest BCUT2D eigenvalue weighted by atomic mass is 16.5. The van der Waals surface area contributed by atoms with Gasteiger partial charge in [0.15, 0.2) is 5.76 Å². The number of nitriles is 1. The number of nitrogens with zero attached hydrogens (tertiary/aromatic N) is 4. The van der Waals surface area contributed by atoms with Crippen LogP contribution in [0.1, 0.15) is 31.4 Å². The topological polar surface area (TPSA) is 108 Å². The van der Waals surface area contributed by atoms with Gasteiger partial charge in [0.25, 0.3) is 5.89 Å². The lowest BCUT2D eigenvalue weighted by Crippen LogP contribution is -2.48. The molecular formula is C26H29N5O4. The summed E-state index contributed by atoms with van der Waals surface area (Å²) >= 11 is 0. The molecule has 3 aromatic rings. The first-order valence-electron chi connectivity index (χ1n) is 12.0. The average Bonchev–Trinajstić information content (AvgIpc) is 3.59. The number of aromatic nitrogens is 1. The van der Waals surface area contributed by atoms with Crippen molar-refractivity contribution in [3.63, 3.8) is 0 Å². The van der Waals surface area contributed by atoms with Crippen LogP contribution in [0, 0.1) is 17.2 Å². The number of benzene rings is 1. The van der Waals surface area contributed by atoms with Gasteiger partial charge in [-0.25, -0.2) is 0 Å². The molecule has 0 atom stereocenters. The minimum atomic E-state index is -0.0381. The number of piperidine rings is 2. The molecule has 182 valence electrons. The number of nitrogens with one attached hydrogen (secondary N) is 1. The average molecular weight is 476 g/mol. The minimum Gasteiger partial charge on any atom is -0.497 e. The molecule has 2 aliphatic rings. The van der Waals surface area contributed by atoms with Crippen LogP contribution in [0.15, 0.2) is 51.5 Å². The van der Waals surface area contributed by atoms with Crippen LogP contribution in [0.2, 0.25) is 0 Å². The van der Waals surface area contributed by atoms with Crippen LogP contribution in [0.3, 0.4) is 0 Å². The Balaban J connectivity index is 1.11. The third-order valence-electron chi connectivity index (χ3n) is 6.88. The summed E-state index contributed by atoms with van der Waals surface area (Å²) in [4.78, 5) is 21.6. The molecular weight excluding hydrogens is 446 g/mol. The molecule has 0 unspecified atom stereocenters. The molecule has 9 heteroatoms. The van der Waals surface area contributed by atoms with Gasteiger partial charge in [-0.05, 0) is 62.1 Å². The van der Waals surface area contributed by atoms with Gasteiger partial charge >= 0.3 is 0 Å². The summed E-state index contributed by atoms with van der Waals surface area (Å²) in [7, 11) is 1.67. The molecule has 2 fully saturated rings. The number of ether oxygens (including phenoxy) is 1. The number of amides is 1. The molecule has 2 aromatic heterocycles. The molecule has 1 amide bonds. The first-order valence-corrected chi connectivity index (χ1v) is 12.0. The number of hydrogen-bond acceptors (Lipinski definition) is 8. The molecule has 2 saturated heterocycles. The second-order valence-corrected chi connectivity index (χ2v) is 8.99. The Labute approximate surface area is 204 Å². The van der Waals surface area contributed by atoms with Gasteiger partial charge in [0, 0.05) is 43.8 Å². The lowest BCUT2D eigenvalue weighted by molar-refractivity contribution is -0.126. The molecule has 2 aliphatic heterocycles. The van der Waals surface area contributed by atoms with E-state index in [2.05, 4.69) is 33.4 Å². The Hall–Kier alpha value is -3.93. The molecule has 0 saturated carbocycles. The summed E-state index contributed by atoms with van der Waals surface area (Å²) in [6.45, 7) is 3.09. The largest absolute Gasteiger partial charge is 0.497 e. The first-order chi connectivity index (χ1) is 17.1. The number of oxazole rings is 1. The van der Waals surface area contributed by atoms with Crippen LogP contribution in [-0.4, -0.2) is 50.2 Å². The Morgan fingerprint density at radius 3 is 2.43 bits per heavy atom. The van der Waals surface area contributed by atoms with E-state index in [0.29, 0.717) is 43.5 Å². The smallest absolute Gasteiger partial charge is 0.266 e. The number of methoxy groups -OCH3 is 1. The number of anilines is 2. The summed E-state index contributed by atoms with van der Waals surface area (Å²) < 4.78 is 16.4. The third-order valence-corrected chi connectivity index (χ3v) is 6.88. The Morgan fingerprint density at radius 2 is 1.80 bits per heavy atom. The SMILES string of the molecule is COc1ccc(N2CCC(NC(=O)C3CCN(c4oc(-c5ccco5)nc4C#N)CC3)CC2)cc1. The zero-order valence-corrected chi connectivity index (χ0v) is 19.8. The molecule has 35 heavy (non-hydrogen) atoms. The van der Waals surface area contributed by atoms with Crippen molar-refractivity contribution in [2.45, 2.75) is 31.7 Å². The van der Waals surface area contributed by atoms with Crippen LogP contribution in [0.25, 0.3) is 11.7 Å². The van der Waals surface area contributed by atoms with E-state index < -0.39 is 0 Å². The Kier molecular flexibility index (Phi) is 6.62. The maximum absolute atomic E-state index is 13.0. The predicted octanol–water partition coefficient (Wildman–Crippen LogP) is 3.82. The summed E-state index contributed by atoms with van der Waals surface area (Å²) in [5.74, 6) is 2.17. The van der Waals surface area contributed by atoms with E-state index in [1.165, 1.54) is 12.0 Å². The van der Waals surface area contributed by atoms with Gasteiger partial charge in [-0.1, -0.05) is 0 Å². The third kappa shape index (κ3) is 4.97. The highest BCUT2D eigenvalue weighted by Gasteiger charge is 2.31.